The van der Waals surface area contributed by atoms with Crippen molar-refractivity contribution in [1.82, 2.24) is 10.3 Å². The molecule has 1 unspecified atom stereocenters. The largest absolute Gasteiger partial charge is 0.350 e. The second kappa shape index (κ2) is 8.35. The van der Waals surface area contributed by atoms with E-state index in [-0.39, 0.29) is 17.3 Å². The molecule has 6 heteroatoms. The average Bonchev–Trinajstić information content (AvgIpc) is 2.69. The number of nitrogens with zero attached hydrogens (tertiary/aromatic N) is 1. The third kappa shape index (κ3) is 4.46. The summed E-state index contributed by atoms with van der Waals surface area (Å²) in [5.74, 6) is -0.312. The van der Waals surface area contributed by atoms with Gasteiger partial charge in [0.15, 0.2) is 9.84 Å². The number of hydrogen-bond donors (Lipinski definition) is 1. The van der Waals surface area contributed by atoms with Crippen molar-refractivity contribution in [3.05, 3.63) is 95.3 Å². The number of rotatable bonds is 6. The van der Waals surface area contributed by atoms with Gasteiger partial charge in [0, 0.05) is 24.5 Å². The number of hydrogen-bond acceptors (Lipinski definition) is 4. The third-order valence-corrected chi connectivity index (χ3v) is 6.66. The number of sulfone groups is 1. The molecule has 3 aromatic rings. The molecule has 0 radical (unpaired) electrons. The first-order chi connectivity index (χ1) is 13.4. The lowest BCUT2D eigenvalue weighted by Crippen LogP contribution is -2.32. The van der Waals surface area contributed by atoms with E-state index in [4.69, 9.17) is 0 Å². The Morgan fingerprint density at radius 2 is 1.57 bits per heavy atom. The van der Waals surface area contributed by atoms with E-state index in [0.29, 0.717) is 11.1 Å². The molecule has 0 saturated heterocycles. The Kier molecular flexibility index (Phi) is 5.90. The van der Waals surface area contributed by atoms with Gasteiger partial charge in [-0.3, -0.25) is 9.78 Å². The van der Waals surface area contributed by atoms with Crippen molar-refractivity contribution in [3.63, 3.8) is 0 Å². The molecule has 0 aliphatic heterocycles. The number of nitrogens with one attached hydrogen (secondary N) is 1. The van der Waals surface area contributed by atoms with Crippen LogP contribution in [0.3, 0.4) is 0 Å². The van der Waals surface area contributed by atoms with Gasteiger partial charge in [-0.2, -0.15) is 0 Å². The first kappa shape index (κ1) is 19.8. The predicted octanol–water partition coefficient (Wildman–Crippen LogP) is 3.64. The number of carbonyl (C=O) groups excluding carboxylic acids is 1. The van der Waals surface area contributed by atoms with Gasteiger partial charge >= 0.3 is 0 Å². The minimum atomic E-state index is -3.71. The summed E-state index contributed by atoms with van der Waals surface area (Å²) in [5.41, 5.74) is 3.05. The molecule has 1 atom stereocenters. The van der Waals surface area contributed by atoms with Crippen molar-refractivity contribution < 1.29 is 13.2 Å². The van der Waals surface area contributed by atoms with E-state index in [1.807, 2.05) is 26.0 Å². The maximum absolute atomic E-state index is 13.3. The van der Waals surface area contributed by atoms with Crippen molar-refractivity contribution in [2.24, 2.45) is 0 Å². The lowest BCUT2D eigenvalue weighted by Gasteiger charge is -2.19. The lowest BCUT2D eigenvalue weighted by molar-refractivity contribution is 0.0953. The van der Waals surface area contributed by atoms with Gasteiger partial charge in [0.2, 0.25) is 0 Å². The van der Waals surface area contributed by atoms with Gasteiger partial charge in [-0.25, -0.2) is 8.42 Å². The molecule has 0 bridgehead atoms. The molecule has 144 valence electrons. The highest BCUT2D eigenvalue weighted by Crippen LogP contribution is 2.28. The Labute approximate surface area is 165 Å². The van der Waals surface area contributed by atoms with Crippen LogP contribution in [0.2, 0.25) is 0 Å². The van der Waals surface area contributed by atoms with Crippen LogP contribution in [-0.4, -0.2) is 25.9 Å². The molecule has 5 nitrogen and oxygen atoms in total. The number of carbonyl (C=O) groups is 1. The molecule has 2 aromatic carbocycles. The third-order valence-electron chi connectivity index (χ3n) is 4.54. The van der Waals surface area contributed by atoms with Gasteiger partial charge in [0.1, 0.15) is 5.25 Å². The van der Waals surface area contributed by atoms with Crippen LogP contribution >= 0.6 is 0 Å². The zero-order chi connectivity index (χ0) is 20.1. The quantitative estimate of drug-likeness (QED) is 0.692. The van der Waals surface area contributed by atoms with Crippen molar-refractivity contribution in [3.8, 4) is 0 Å². The first-order valence-corrected chi connectivity index (χ1v) is 10.5. The van der Waals surface area contributed by atoms with Crippen LogP contribution in [0.4, 0.5) is 0 Å². The molecule has 0 aliphatic carbocycles. The van der Waals surface area contributed by atoms with Crippen molar-refractivity contribution in [2.45, 2.75) is 24.0 Å². The van der Waals surface area contributed by atoms with Crippen LogP contribution in [0, 0.1) is 13.8 Å². The molecule has 1 aromatic heterocycles. The number of amides is 1. The number of benzene rings is 2. The lowest BCUT2D eigenvalue weighted by atomic mass is 10.1. The standard InChI is InChI=1S/C22H22N2O3S/c1-16-5-9-18(10-6-16)22(25)24-15-21(19-4-3-13-23-14-19)28(26,27)20-11-7-17(2)8-12-20/h3-14,21H,15H2,1-2H3,(H,24,25). The van der Waals surface area contributed by atoms with E-state index in [1.54, 1.807) is 54.7 Å². The van der Waals surface area contributed by atoms with Gasteiger partial charge in [-0.1, -0.05) is 41.5 Å². The van der Waals surface area contributed by atoms with Crippen LogP contribution in [0.1, 0.15) is 32.3 Å². The van der Waals surface area contributed by atoms with E-state index >= 15 is 0 Å². The SMILES string of the molecule is Cc1ccc(C(=O)NCC(c2cccnc2)S(=O)(=O)c2ccc(C)cc2)cc1. The van der Waals surface area contributed by atoms with E-state index in [1.165, 1.54) is 6.20 Å². The second-order valence-corrected chi connectivity index (χ2v) is 8.84. The number of pyridine rings is 1. The molecule has 28 heavy (non-hydrogen) atoms. The highest BCUT2D eigenvalue weighted by Gasteiger charge is 2.30. The molecule has 0 saturated carbocycles. The van der Waals surface area contributed by atoms with Crippen LogP contribution in [0.15, 0.2) is 78.0 Å². The zero-order valence-electron chi connectivity index (χ0n) is 15.8. The summed E-state index contributed by atoms with van der Waals surface area (Å²) < 4.78 is 26.5. The molecular weight excluding hydrogens is 372 g/mol. The average molecular weight is 394 g/mol. The van der Waals surface area contributed by atoms with Crippen molar-refractivity contribution in [1.29, 1.82) is 0 Å². The van der Waals surface area contributed by atoms with Crippen LogP contribution in [0.5, 0.6) is 0 Å². The fraction of sp³-hybridized carbons (Fsp3) is 0.182. The highest BCUT2D eigenvalue weighted by atomic mass is 32.2. The van der Waals surface area contributed by atoms with Gasteiger partial charge in [-0.05, 0) is 49.7 Å². The second-order valence-electron chi connectivity index (χ2n) is 6.71. The van der Waals surface area contributed by atoms with Gasteiger partial charge < -0.3 is 5.32 Å². The monoisotopic (exact) mass is 394 g/mol. The van der Waals surface area contributed by atoms with E-state index < -0.39 is 15.1 Å². The molecular formula is C22H22N2O3S. The maximum atomic E-state index is 13.3. The Morgan fingerprint density at radius 1 is 0.964 bits per heavy atom. The highest BCUT2D eigenvalue weighted by molar-refractivity contribution is 7.91. The summed E-state index contributed by atoms with van der Waals surface area (Å²) >= 11 is 0. The topological polar surface area (TPSA) is 76.1 Å². The molecule has 1 heterocycles. The zero-order valence-corrected chi connectivity index (χ0v) is 16.6. The fourth-order valence-electron chi connectivity index (χ4n) is 2.86. The maximum Gasteiger partial charge on any atom is 0.251 e. The van der Waals surface area contributed by atoms with Crippen molar-refractivity contribution in [2.75, 3.05) is 6.54 Å². The minimum Gasteiger partial charge on any atom is -0.350 e. The molecule has 1 amide bonds. The van der Waals surface area contributed by atoms with Crippen LogP contribution < -0.4 is 5.32 Å². The van der Waals surface area contributed by atoms with Gasteiger partial charge in [0.25, 0.3) is 5.91 Å². The summed E-state index contributed by atoms with van der Waals surface area (Å²) in [6, 6.07) is 17.2. The Balaban J connectivity index is 1.88. The summed E-state index contributed by atoms with van der Waals surface area (Å²) in [6.07, 6.45) is 3.11. The van der Waals surface area contributed by atoms with E-state index in [9.17, 15) is 13.2 Å². The van der Waals surface area contributed by atoms with Crippen LogP contribution in [0.25, 0.3) is 0 Å². The summed E-state index contributed by atoms with van der Waals surface area (Å²) in [4.78, 5) is 16.7. The Morgan fingerprint density at radius 3 is 2.14 bits per heavy atom. The normalized spacial score (nSPS) is 12.4. The number of aromatic nitrogens is 1. The van der Waals surface area contributed by atoms with Crippen molar-refractivity contribution >= 4 is 15.7 Å². The van der Waals surface area contributed by atoms with Crippen LogP contribution in [-0.2, 0) is 9.84 Å². The summed E-state index contributed by atoms with van der Waals surface area (Å²) in [5, 5.41) is 1.83. The summed E-state index contributed by atoms with van der Waals surface area (Å²) in [6.45, 7) is 3.79. The molecule has 0 spiro atoms. The molecule has 3 rings (SSSR count). The number of aryl methyl sites for hydroxylation is 2. The first-order valence-electron chi connectivity index (χ1n) is 8.93. The molecule has 1 N–H and O–H groups in total. The Bertz CT molecular complexity index is 1050. The molecule has 0 fully saturated rings. The Hall–Kier alpha value is -2.99. The summed E-state index contributed by atoms with van der Waals surface area (Å²) in [7, 11) is -3.71. The van der Waals surface area contributed by atoms with E-state index in [2.05, 4.69) is 10.3 Å². The van der Waals surface area contributed by atoms with Gasteiger partial charge in [-0.15, -0.1) is 0 Å². The minimum absolute atomic E-state index is 0.0470. The predicted molar refractivity (Wildman–Crippen MR) is 109 cm³/mol. The smallest absolute Gasteiger partial charge is 0.251 e. The van der Waals surface area contributed by atoms with Gasteiger partial charge in [0.05, 0.1) is 4.90 Å². The molecule has 0 aliphatic rings. The fourth-order valence-corrected chi connectivity index (χ4v) is 4.50. The van der Waals surface area contributed by atoms with E-state index in [0.717, 1.165) is 11.1 Å².